The van der Waals surface area contributed by atoms with E-state index in [0.29, 0.717) is 10.8 Å². The molecule has 1 amide bonds. The van der Waals surface area contributed by atoms with Crippen LogP contribution in [0.4, 0.5) is 11.6 Å². The molecule has 3 heterocycles. The summed E-state index contributed by atoms with van der Waals surface area (Å²) >= 11 is 5.78. The molecule has 2 aromatic rings. The van der Waals surface area contributed by atoms with E-state index in [2.05, 4.69) is 20.2 Å². The zero-order chi connectivity index (χ0) is 15.4. The van der Waals surface area contributed by atoms with Crippen LogP contribution in [0.15, 0.2) is 42.7 Å². The van der Waals surface area contributed by atoms with Crippen molar-refractivity contribution in [3.8, 4) is 0 Å². The van der Waals surface area contributed by atoms with Crippen LogP contribution in [0.5, 0.6) is 0 Å². The molecule has 1 N–H and O–H groups in total. The minimum Gasteiger partial charge on any atom is -0.357 e. The number of carbonyl (C=O) groups excluding carboxylic acids is 1. The van der Waals surface area contributed by atoms with Crippen molar-refractivity contribution in [3.05, 3.63) is 47.7 Å². The summed E-state index contributed by atoms with van der Waals surface area (Å²) in [7, 11) is 0. The Labute approximate surface area is 134 Å². The van der Waals surface area contributed by atoms with Gasteiger partial charge in [-0.15, -0.1) is 0 Å². The fourth-order valence-electron chi connectivity index (χ4n) is 2.59. The van der Waals surface area contributed by atoms with E-state index in [0.717, 1.165) is 31.7 Å². The van der Waals surface area contributed by atoms with Crippen LogP contribution >= 0.6 is 11.6 Å². The maximum absolute atomic E-state index is 12.3. The molecule has 1 fully saturated rings. The highest BCUT2D eigenvalue weighted by Gasteiger charge is 2.25. The average Bonchev–Trinajstić information content (AvgIpc) is 2.58. The van der Waals surface area contributed by atoms with Crippen LogP contribution in [0.25, 0.3) is 0 Å². The molecule has 0 aromatic carbocycles. The molecule has 1 saturated heterocycles. The van der Waals surface area contributed by atoms with E-state index in [9.17, 15) is 4.79 Å². The quantitative estimate of drug-likeness (QED) is 0.945. The lowest BCUT2D eigenvalue weighted by Crippen LogP contribution is -2.38. The Kier molecular flexibility index (Phi) is 4.53. The summed E-state index contributed by atoms with van der Waals surface area (Å²) in [6.45, 7) is 1.67. The van der Waals surface area contributed by atoms with Gasteiger partial charge in [0.15, 0.2) is 0 Å². The summed E-state index contributed by atoms with van der Waals surface area (Å²) in [6.07, 6.45) is 4.95. The molecule has 1 aliphatic heterocycles. The molecular weight excluding hydrogens is 300 g/mol. The van der Waals surface area contributed by atoms with Crippen LogP contribution in [-0.4, -0.2) is 29.0 Å². The summed E-state index contributed by atoms with van der Waals surface area (Å²) < 4.78 is 0. The second-order valence-corrected chi connectivity index (χ2v) is 5.74. The molecule has 0 spiro atoms. The monoisotopic (exact) mass is 316 g/mol. The lowest BCUT2D eigenvalue weighted by Gasteiger charge is -2.32. The average molecular weight is 317 g/mol. The van der Waals surface area contributed by atoms with Gasteiger partial charge in [0.05, 0.1) is 5.02 Å². The number of nitrogens with one attached hydrogen (secondary N) is 1. The number of nitrogens with zero attached hydrogens (tertiary/aromatic N) is 3. The normalized spacial score (nSPS) is 15.6. The summed E-state index contributed by atoms with van der Waals surface area (Å²) in [5, 5.41) is 3.41. The summed E-state index contributed by atoms with van der Waals surface area (Å²) in [4.78, 5) is 22.9. The fourth-order valence-corrected chi connectivity index (χ4v) is 2.70. The van der Waals surface area contributed by atoms with Gasteiger partial charge in [0.1, 0.15) is 11.6 Å². The predicted molar refractivity (Wildman–Crippen MR) is 87.1 cm³/mol. The van der Waals surface area contributed by atoms with Crippen molar-refractivity contribution < 1.29 is 4.79 Å². The Morgan fingerprint density at radius 3 is 2.64 bits per heavy atom. The number of halogens is 1. The Hall–Kier alpha value is -2.14. The van der Waals surface area contributed by atoms with Crippen molar-refractivity contribution in [1.82, 2.24) is 9.97 Å². The van der Waals surface area contributed by atoms with E-state index < -0.39 is 0 Å². The molecule has 0 bridgehead atoms. The zero-order valence-electron chi connectivity index (χ0n) is 12.1. The zero-order valence-corrected chi connectivity index (χ0v) is 12.8. The lowest BCUT2D eigenvalue weighted by molar-refractivity contribution is -0.120. The first-order valence-corrected chi connectivity index (χ1v) is 7.68. The van der Waals surface area contributed by atoms with E-state index in [1.807, 2.05) is 18.2 Å². The number of anilines is 2. The first-order chi connectivity index (χ1) is 10.7. The molecule has 2 aromatic heterocycles. The number of pyridine rings is 2. The third-order valence-electron chi connectivity index (χ3n) is 3.82. The van der Waals surface area contributed by atoms with Crippen molar-refractivity contribution >= 4 is 29.1 Å². The Morgan fingerprint density at radius 1 is 1.18 bits per heavy atom. The van der Waals surface area contributed by atoms with Gasteiger partial charge in [0.25, 0.3) is 0 Å². The maximum atomic E-state index is 12.3. The lowest BCUT2D eigenvalue weighted by atomic mass is 9.96. The van der Waals surface area contributed by atoms with Gasteiger partial charge in [-0.05, 0) is 37.1 Å². The van der Waals surface area contributed by atoms with Gasteiger partial charge >= 0.3 is 0 Å². The molecule has 114 valence electrons. The summed E-state index contributed by atoms with van der Waals surface area (Å²) in [5.41, 5.74) is 0. The van der Waals surface area contributed by atoms with Crippen LogP contribution in [0.2, 0.25) is 5.02 Å². The Morgan fingerprint density at radius 2 is 2.00 bits per heavy atom. The van der Waals surface area contributed by atoms with Crippen molar-refractivity contribution in [2.75, 3.05) is 23.3 Å². The molecular formula is C16H17ClN4O. The van der Waals surface area contributed by atoms with E-state index in [4.69, 9.17) is 11.6 Å². The van der Waals surface area contributed by atoms with E-state index in [1.54, 1.807) is 18.3 Å². The van der Waals surface area contributed by atoms with Crippen molar-refractivity contribution in [1.29, 1.82) is 0 Å². The highest BCUT2D eigenvalue weighted by molar-refractivity contribution is 6.30. The summed E-state index contributed by atoms with van der Waals surface area (Å²) in [6, 6.07) is 9.31. The van der Waals surface area contributed by atoms with Gasteiger partial charge in [-0.2, -0.15) is 0 Å². The van der Waals surface area contributed by atoms with Crippen LogP contribution in [0.3, 0.4) is 0 Å². The third kappa shape index (κ3) is 3.54. The molecule has 0 radical (unpaired) electrons. The number of amides is 1. The van der Waals surface area contributed by atoms with Crippen LogP contribution in [0, 0.1) is 5.92 Å². The second kappa shape index (κ2) is 6.75. The maximum Gasteiger partial charge on any atom is 0.228 e. The molecule has 22 heavy (non-hydrogen) atoms. The molecule has 1 aliphatic rings. The molecule has 0 aliphatic carbocycles. The molecule has 5 nitrogen and oxygen atoms in total. The first-order valence-electron chi connectivity index (χ1n) is 7.31. The van der Waals surface area contributed by atoms with Gasteiger partial charge in [-0.3, -0.25) is 4.79 Å². The highest BCUT2D eigenvalue weighted by atomic mass is 35.5. The van der Waals surface area contributed by atoms with Gasteiger partial charge in [-0.25, -0.2) is 9.97 Å². The molecule has 3 rings (SSSR count). The van der Waals surface area contributed by atoms with E-state index in [-0.39, 0.29) is 11.8 Å². The molecule has 0 atom stereocenters. The first kappa shape index (κ1) is 14.8. The second-order valence-electron chi connectivity index (χ2n) is 5.30. The Balaban J connectivity index is 1.54. The SMILES string of the molecule is O=C(Nc1ccc(Cl)cn1)C1CCN(c2ccccn2)CC1. The number of aromatic nitrogens is 2. The number of rotatable bonds is 3. The number of carbonyl (C=O) groups is 1. The van der Waals surface area contributed by atoms with Gasteiger partial charge < -0.3 is 10.2 Å². The standard InChI is InChI=1S/C16H17ClN4O/c17-13-4-5-14(19-11-13)20-16(22)12-6-9-21(10-7-12)15-3-1-2-8-18-15/h1-5,8,11-12H,6-7,9-10H2,(H,19,20,22). The summed E-state index contributed by atoms with van der Waals surface area (Å²) in [5.74, 6) is 1.55. The molecule has 0 unspecified atom stereocenters. The minimum atomic E-state index is 0.0115. The van der Waals surface area contributed by atoms with Crippen molar-refractivity contribution in [2.24, 2.45) is 5.92 Å². The third-order valence-corrected chi connectivity index (χ3v) is 4.04. The minimum absolute atomic E-state index is 0.0115. The largest absolute Gasteiger partial charge is 0.357 e. The van der Waals surface area contributed by atoms with Gasteiger partial charge in [0.2, 0.25) is 5.91 Å². The fraction of sp³-hybridized carbons (Fsp3) is 0.312. The van der Waals surface area contributed by atoms with Crippen LogP contribution in [0.1, 0.15) is 12.8 Å². The van der Waals surface area contributed by atoms with E-state index in [1.165, 1.54) is 6.20 Å². The van der Waals surface area contributed by atoms with E-state index >= 15 is 0 Å². The van der Waals surface area contributed by atoms with Crippen LogP contribution in [-0.2, 0) is 4.79 Å². The Bertz CT molecular complexity index is 624. The van der Waals surface area contributed by atoms with Crippen molar-refractivity contribution in [3.63, 3.8) is 0 Å². The smallest absolute Gasteiger partial charge is 0.228 e. The molecule has 6 heteroatoms. The molecule has 0 saturated carbocycles. The number of hydrogen-bond acceptors (Lipinski definition) is 4. The van der Waals surface area contributed by atoms with Crippen molar-refractivity contribution in [2.45, 2.75) is 12.8 Å². The topological polar surface area (TPSA) is 58.1 Å². The predicted octanol–water partition coefficient (Wildman–Crippen LogP) is 2.99. The highest BCUT2D eigenvalue weighted by Crippen LogP contribution is 2.22. The van der Waals surface area contributed by atoms with Gasteiger partial charge in [0, 0.05) is 31.4 Å². The van der Waals surface area contributed by atoms with Crippen LogP contribution < -0.4 is 10.2 Å². The van der Waals surface area contributed by atoms with Gasteiger partial charge in [-0.1, -0.05) is 17.7 Å². The number of hydrogen-bond donors (Lipinski definition) is 1. The number of piperidine rings is 1.